The number of aromatic nitrogens is 1. The number of carbonyl (C=O) groups is 1. The molecule has 164 valence electrons. The van der Waals surface area contributed by atoms with E-state index in [1.165, 1.54) is 33.1 Å². The fourth-order valence-corrected chi connectivity index (χ4v) is 5.10. The summed E-state index contributed by atoms with van der Waals surface area (Å²) in [6.07, 6.45) is 4.95. The standard InChI is InChI=1S/C24H36N4OS/c1-6-28(5)15-26-21-12-16(2)20(11-17(21)3)13-23-27-22(14-30-23)18-7-9-19(10-8-18)24(29)25-4/h11-12,14,18-19,26H,6-10,13,15H2,1-5H3,(H,25,29). The average molecular weight is 429 g/mol. The summed E-state index contributed by atoms with van der Waals surface area (Å²) in [5, 5.41) is 9.76. The molecule has 0 radical (unpaired) electrons. The lowest BCUT2D eigenvalue weighted by molar-refractivity contribution is -0.125. The molecule has 5 nitrogen and oxygen atoms in total. The molecule has 1 aromatic heterocycles. The minimum absolute atomic E-state index is 0.180. The zero-order valence-corrected chi connectivity index (χ0v) is 19.9. The van der Waals surface area contributed by atoms with Crippen molar-refractivity contribution in [2.75, 3.05) is 32.6 Å². The van der Waals surface area contributed by atoms with Crippen LogP contribution in [0.1, 0.15) is 65.9 Å². The Morgan fingerprint density at radius 1 is 1.20 bits per heavy atom. The summed E-state index contributed by atoms with van der Waals surface area (Å²) in [5.41, 5.74) is 6.38. The highest BCUT2D eigenvalue weighted by atomic mass is 32.1. The van der Waals surface area contributed by atoms with Gasteiger partial charge in [-0.2, -0.15) is 0 Å². The largest absolute Gasteiger partial charge is 0.372 e. The van der Waals surface area contributed by atoms with Crippen molar-refractivity contribution in [1.82, 2.24) is 15.2 Å². The zero-order valence-electron chi connectivity index (χ0n) is 19.0. The van der Waals surface area contributed by atoms with Crippen molar-refractivity contribution in [3.8, 4) is 0 Å². The van der Waals surface area contributed by atoms with Crippen molar-refractivity contribution >= 4 is 22.9 Å². The lowest BCUT2D eigenvalue weighted by Crippen LogP contribution is -2.30. The lowest BCUT2D eigenvalue weighted by atomic mass is 9.80. The molecule has 6 heteroatoms. The molecule has 0 spiro atoms. The van der Waals surface area contributed by atoms with Gasteiger partial charge in [-0.15, -0.1) is 11.3 Å². The van der Waals surface area contributed by atoms with Gasteiger partial charge in [0.25, 0.3) is 0 Å². The topological polar surface area (TPSA) is 57.3 Å². The molecule has 3 rings (SSSR count). The molecule has 2 N–H and O–H groups in total. The quantitative estimate of drug-likeness (QED) is 0.599. The number of aryl methyl sites for hydroxylation is 2. The molecule has 1 aromatic carbocycles. The number of hydrogen-bond donors (Lipinski definition) is 2. The molecule has 30 heavy (non-hydrogen) atoms. The number of rotatable bonds is 8. The summed E-state index contributed by atoms with van der Waals surface area (Å²) in [6, 6.07) is 4.57. The van der Waals surface area contributed by atoms with E-state index in [0.29, 0.717) is 5.92 Å². The summed E-state index contributed by atoms with van der Waals surface area (Å²) in [7, 11) is 3.85. The molecular weight excluding hydrogens is 392 g/mol. The van der Waals surface area contributed by atoms with E-state index in [4.69, 9.17) is 4.98 Å². The molecule has 2 aromatic rings. The maximum Gasteiger partial charge on any atom is 0.222 e. The molecule has 1 saturated carbocycles. The Hall–Kier alpha value is -1.92. The zero-order chi connectivity index (χ0) is 21.7. The van der Waals surface area contributed by atoms with Crippen LogP contribution in [0.25, 0.3) is 0 Å². The molecule has 1 heterocycles. The van der Waals surface area contributed by atoms with Crippen molar-refractivity contribution < 1.29 is 4.79 Å². The second-order valence-corrected chi connectivity index (χ2v) is 9.55. The van der Waals surface area contributed by atoms with Gasteiger partial charge in [-0.05, 0) is 75.9 Å². The van der Waals surface area contributed by atoms with Gasteiger partial charge >= 0.3 is 0 Å². The van der Waals surface area contributed by atoms with Gasteiger partial charge in [0, 0.05) is 36.4 Å². The molecule has 1 fully saturated rings. The number of anilines is 1. The predicted octanol–water partition coefficient (Wildman–Crippen LogP) is 4.69. The van der Waals surface area contributed by atoms with Gasteiger partial charge in [0.2, 0.25) is 5.91 Å². The highest BCUT2D eigenvalue weighted by Gasteiger charge is 2.27. The smallest absolute Gasteiger partial charge is 0.222 e. The second-order valence-electron chi connectivity index (χ2n) is 8.61. The molecule has 1 amide bonds. The Labute approximate surface area is 185 Å². The molecule has 0 bridgehead atoms. The van der Waals surface area contributed by atoms with Crippen molar-refractivity contribution in [2.45, 2.75) is 58.8 Å². The highest BCUT2D eigenvalue weighted by Crippen LogP contribution is 2.36. The molecule has 0 atom stereocenters. The van der Waals surface area contributed by atoms with Crippen molar-refractivity contribution in [1.29, 1.82) is 0 Å². The average Bonchev–Trinajstić information content (AvgIpc) is 3.22. The number of nitrogens with one attached hydrogen (secondary N) is 2. The number of nitrogens with zero attached hydrogens (tertiary/aromatic N) is 2. The summed E-state index contributed by atoms with van der Waals surface area (Å²) >= 11 is 1.77. The molecule has 1 aliphatic carbocycles. The lowest BCUT2D eigenvalue weighted by Gasteiger charge is -2.26. The van der Waals surface area contributed by atoms with Crippen LogP contribution >= 0.6 is 11.3 Å². The van der Waals surface area contributed by atoms with Gasteiger partial charge in [-0.1, -0.05) is 13.0 Å². The van der Waals surface area contributed by atoms with E-state index in [9.17, 15) is 4.79 Å². The van der Waals surface area contributed by atoms with Gasteiger partial charge in [0.05, 0.1) is 17.4 Å². The van der Waals surface area contributed by atoms with Crippen molar-refractivity contribution in [3.63, 3.8) is 0 Å². The third-order valence-corrected chi connectivity index (χ3v) is 7.30. The Balaban J connectivity index is 1.62. The summed E-state index contributed by atoms with van der Waals surface area (Å²) in [5.74, 6) is 0.873. The molecule has 0 aliphatic heterocycles. The first-order valence-corrected chi connectivity index (χ1v) is 12.0. The van der Waals surface area contributed by atoms with E-state index in [1.54, 1.807) is 18.4 Å². The third-order valence-electron chi connectivity index (χ3n) is 6.44. The van der Waals surface area contributed by atoms with E-state index in [-0.39, 0.29) is 11.8 Å². The molecule has 0 unspecified atom stereocenters. The van der Waals surface area contributed by atoms with Crippen LogP contribution in [0.3, 0.4) is 0 Å². The van der Waals surface area contributed by atoms with Crippen LogP contribution in [0, 0.1) is 19.8 Å². The van der Waals surface area contributed by atoms with Gasteiger partial charge < -0.3 is 10.6 Å². The number of carbonyl (C=O) groups excluding carboxylic acids is 1. The van der Waals surface area contributed by atoms with Crippen LogP contribution in [0.2, 0.25) is 0 Å². The van der Waals surface area contributed by atoms with Crippen LogP contribution in [0.15, 0.2) is 17.5 Å². The summed E-state index contributed by atoms with van der Waals surface area (Å²) in [4.78, 5) is 19.1. The van der Waals surface area contributed by atoms with E-state index in [0.717, 1.165) is 45.3 Å². The first kappa shape index (κ1) is 22.8. The van der Waals surface area contributed by atoms with E-state index >= 15 is 0 Å². The van der Waals surface area contributed by atoms with Gasteiger partial charge in [-0.3, -0.25) is 9.69 Å². The minimum Gasteiger partial charge on any atom is -0.372 e. The van der Waals surface area contributed by atoms with E-state index < -0.39 is 0 Å². The number of thiazole rings is 1. The van der Waals surface area contributed by atoms with Crippen LogP contribution in [-0.4, -0.2) is 43.1 Å². The summed E-state index contributed by atoms with van der Waals surface area (Å²) in [6.45, 7) is 8.42. The SMILES string of the molecule is CCN(C)CNc1cc(C)c(Cc2nc(C3CCC(C(=O)NC)CC3)cs2)cc1C. The predicted molar refractivity (Wildman–Crippen MR) is 126 cm³/mol. The fraction of sp³-hybridized carbons (Fsp3) is 0.583. The molecular formula is C24H36N4OS. The number of hydrogen-bond acceptors (Lipinski definition) is 5. The molecule has 1 aliphatic rings. The van der Waals surface area contributed by atoms with E-state index in [2.05, 4.69) is 60.9 Å². The van der Waals surface area contributed by atoms with Crippen LogP contribution < -0.4 is 10.6 Å². The first-order chi connectivity index (χ1) is 14.4. The number of benzene rings is 1. The van der Waals surface area contributed by atoms with Crippen molar-refractivity contribution in [2.24, 2.45) is 5.92 Å². The molecule has 0 saturated heterocycles. The van der Waals surface area contributed by atoms with Crippen LogP contribution in [0.4, 0.5) is 5.69 Å². The maximum atomic E-state index is 11.9. The Morgan fingerprint density at radius 3 is 2.60 bits per heavy atom. The van der Waals surface area contributed by atoms with Gasteiger partial charge in [0.15, 0.2) is 0 Å². The Morgan fingerprint density at radius 2 is 1.93 bits per heavy atom. The summed E-state index contributed by atoms with van der Waals surface area (Å²) < 4.78 is 0. The van der Waals surface area contributed by atoms with Crippen molar-refractivity contribution in [3.05, 3.63) is 44.9 Å². The third kappa shape index (κ3) is 5.61. The normalized spacial score (nSPS) is 19.1. The van der Waals surface area contributed by atoms with Crippen LogP contribution in [0.5, 0.6) is 0 Å². The van der Waals surface area contributed by atoms with Gasteiger partial charge in [-0.25, -0.2) is 4.98 Å². The van der Waals surface area contributed by atoms with Gasteiger partial charge in [0.1, 0.15) is 0 Å². The monoisotopic (exact) mass is 428 g/mol. The maximum absolute atomic E-state index is 11.9. The van der Waals surface area contributed by atoms with E-state index in [1.807, 2.05) is 0 Å². The first-order valence-electron chi connectivity index (χ1n) is 11.1. The highest BCUT2D eigenvalue weighted by molar-refractivity contribution is 7.09. The van der Waals surface area contributed by atoms with Crippen LogP contribution in [-0.2, 0) is 11.2 Å². The second kappa shape index (κ2) is 10.4. The number of amides is 1. The Kier molecular flexibility index (Phi) is 7.89. The minimum atomic E-state index is 0.180. The Bertz CT molecular complexity index is 855. The fourth-order valence-electron chi connectivity index (χ4n) is 4.20.